The van der Waals surface area contributed by atoms with E-state index in [-0.39, 0.29) is 12.5 Å². The van der Waals surface area contributed by atoms with E-state index in [1.807, 2.05) is 0 Å². The number of nitrogens with zero attached hydrogens (tertiary/aromatic N) is 1. The largest absolute Gasteiger partial charge is 0.511 e. The number of sulfonamides is 1. The molecule has 0 aromatic rings. The van der Waals surface area contributed by atoms with Crippen LogP contribution in [-0.2, 0) is 10.0 Å². The van der Waals surface area contributed by atoms with E-state index < -0.39 is 21.6 Å². The third kappa shape index (κ3) is 1.84. The quantitative estimate of drug-likeness (QED) is 0.721. The summed E-state index contributed by atoms with van der Waals surface area (Å²) >= 11 is 0. The maximum atomic E-state index is 12.4. The van der Waals surface area contributed by atoms with Gasteiger partial charge in [0.25, 0.3) is 0 Å². The standard InChI is InChI=1S/C9H14F3NO2S/c10-9(11,12)16(14,15)13-6-5-7-3-1-2-4-8(7)13/h7-8H,1-6H2. The minimum atomic E-state index is -5.15. The zero-order valence-corrected chi connectivity index (χ0v) is 9.52. The van der Waals surface area contributed by atoms with Crippen molar-refractivity contribution in [2.75, 3.05) is 6.54 Å². The lowest BCUT2D eigenvalue weighted by Gasteiger charge is -2.31. The Balaban J connectivity index is 2.23. The number of alkyl halides is 3. The van der Waals surface area contributed by atoms with Crippen molar-refractivity contribution in [3.05, 3.63) is 0 Å². The fourth-order valence-electron chi connectivity index (χ4n) is 2.79. The highest BCUT2D eigenvalue weighted by molar-refractivity contribution is 7.90. The molecule has 0 aromatic carbocycles. The maximum absolute atomic E-state index is 12.4. The Bertz CT molecular complexity index is 365. The Hall–Kier alpha value is -0.300. The van der Waals surface area contributed by atoms with Crippen molar-refractivity contribution in [2.45, 2.75) is 43.7 Å². The van der Waals surface area contributed by atoms with Crippen molar-refractivity contribution >= 4 is 10.0 Å². The highest BCUT2D eigenvalue weighted by Gasteiger charge is 2.54. The lowest BCUT2D eigenvalue weighted by molar-refractivity contribution is -0.0497. The molecule has 0 bridgehead atoms. The van der Waals surface area contributed by atoms with Gasteiger partial charge in [0.15, 0.2) is 0 Å². The summed E-state index contributed by atoms with van der Waals surface area (Å²) in [6, 6.07) is -0.416. The van der Waals surface area contributed by atoms with Gasteiger partial charge in [-0.15, -0.1) is 0 Å². The second-order valence-electron chi connectivity index (χ2n) is 4.46. The first kappa shape index (κ1) is 12.2. The average Bonchev–Trinajstić information content (AvgIpc) is 2.59. The zero-order valence-electron chi connectivity index (χ0n) is 8.70. The molecule has 0 aromatic heterocycles. The molecule has 0 spiro atoms. The van der Waals surface area contributed by atoms with Crippen LogP contribution in [0.3, 0.4) is 0 Å². The summed E-state index contributed by atoms with van der Waals surface area (Å²) in [5, 5.41) is 0. The van der Waals surface area contributed by atoms with Crippen LogP contribution < -0.4 is 0 Å². The Morgan fingerprint density at radius 2 is 1.69 bits per heavy atom. The Morgan fingerprint density at radius 3 is 2.31 bits per heavy atom. The first-order valence-electron chi connectivity index (χ1n) is 5.42. The fraction of sp³-hybridized carbons (Fsp3) is 1.00. The topological polar surface area (TPSA) is 37.4 Å². The molecular formula is C9H14F3NO2S. The van der Waals surface area contributed by atoms with Crippen LogP contribution in [0.2, 0.25) is 0 Å². The van der Waals surface area contributed by atoms with Crippen molar-refractivity contribution in [1.82, 2.24) is 4.31 Å². The molecule has 2 rings (SSSR count). The summed E-state index contributed by atoms with van der Waals surface area (Å²) in [5.41, 5.74) is -5.15. The minimum Gasteiger partial charge on any atom is -0.203 e. The predicted molar refractivity (Wildman–Crippen MR) is 52.0 cm³/mol. The lowest BCUT2D eigenvalue weighted by Crippen LogP contribution is -2.45. The molecule has 2 unspecified atom stereocenters. The van der Waals surface area contributed by atoms with Gasteiger partial charge in [-0.25, -0.2) is 8.42 Å². The summed E-state index contributed by atoms with van der Waals surface area (Å²) in [7, 11) is -5.11. The molecule has 3 nitrogen and oxygen atoms in total. The summed E-state index contributed by atoms with van der Waals surface area (Å²) in [6.45, 7) is 0.0250. The van der Waals surface area contributed by atoms with E-state index >= 15 is 0 Å². The van der Waals surface area contributed by atoms with E-state index in [0.717, 1.165) is 19.3 Å². The molecule has 1 saturated heterocycles. The van der Waals surface area contributed by atoms with Gasteiger partial charge in [-0.3, -0.25) is 0 Å². The van der Waals surface area contributed by atoms with Gasteiger partial charge >= 0.3 is 15.5 Å². The van der Waals surface area contributed by atoms with E-state index in [4.69, 9.17) is 0 Å². The van der Waals surface area contributed by atoms with Crippen molar-refractivity contribution in [3.63, 3.8) is 0 Å². The molecule has 1 saturated carbocycles. The highest BCUT2D eigenvalue weighted by atomic mass is 32.2. The fourth-order valence-corrected chi connectivity index (χ4v) is 4.04. The van der Waals surface area contributed by atoms with Crippen LogP contribution >= 0.6 is 0 Å². The maximum Gasteiger partial charge on any atom is 0.511 e. The van der Waals surface area contributed by atoms with Crippen molar-refractivity contribution in [1.29, 1.82) is 0 Å². The molecule has 7 heteroatoms. The second kappa shape index (κ2) is 3.87. The number of hydrogen-bond donors (Lipinski definition) is 0. The molecule has 2 fully saturated rings. The molecular weight excluding hydrogens is 243 g/mol. The van der Waals surface area contributed by atoms with Gasteiger partial charge < -0.3 is 0 Å². The molecule has 16 heavy (non-hydrogen) atoms. The highest BCUT2D eigenvalue weighted by Crippen LogP contribution is 2.41. The molecule has 2 atom stereocenters. The van der Waals surface area contributed by atoms with E-state index in [0.29, 0.717) is 17.1 Å². The van der Waals surface area contributed by atoms with Crippen LogP contribution in [0.25, 0.3) is 0 Å². The summed E-state index contributed by atoms with van der Waals surface area (Å²) in [4.78, 5) is 0. The van der Waals surface area contributed by atoms with Gasteiger partial charge in [-0.2, -0.15) is 17.5 Å². The van der Waals surface area contributed by atoms with Gasteiger partial charge in [-0.1, -0.05) is 12.8 Å². The van der Waals surface area contributed by atoms with E-state index in [1.165, 1.54) is 0 Å². The van der Waals surface area contributed by atoms with E-state index in [1.54, 1.807) is 0 Å². The molecule has 0 radical (unpaired) electrons. The monoisotopic (exact) mass is 257 g/mol. The minimum absolute atomic E-state index is 0.0250. The second-order valence-corrected chi connectivity index (χ2v) is 6.34. The number of halogens is 3. The van der Waals surface area contributed by atoms with Gasteiger partial charge in [0.2, 0.25) is 0 Å². The van der Waals surface area contributed by atoms with Crippen LogP contribution in [0, 0.1) is 5.92 Å². The summed E-state index contributed by atoms with van der Waals surface area (Å²) in [6.07, 6.45) is 3.82. The molecule has 94 valence electrons. The van der Waals surface area contributed by atoms with Crippen LogP contribution in [0.1, 0.15) is 32.1 Å². The summed E-state index contributed by atoms with van der Waals surface area (Å²) < 4.78 is 60.5. The molecule has 1 aliphatic carbocycles. The van der Waals surface area contributed by atoms with Crippen molar-refractivity contribution in [2.24, 2.45) is 5.92 Å². The predicted octanol–water partition coefficient (Wildman–Crippen LogP) is 2.10. The average molecular weight is 257 g/mol. The van der Waals surface area contributed by atoms with Gasteiger partial charge in [0.05, 0.1) is 0 Å². The van der Waals surface area contributed by atoms with Crippen LogP contribution in [-0.4, -0.2) is 30.8 Å². The molecule has 2 aliphatic rings. The lowest BCUT2D eigenvalue weighted by atomic mass is 9.86. The van der Waals surface area contributed by atoms with Crippen LogP contribution in [0.15, 0.2) is 0 Å². The normalized spacial score (nSPS) is 32.7. The van der Waals surface area contributed by atoms with E-state index in [9.17, 15) is 21.6 Å². The Labute approximate surface area is 92.7 Å². The molecule has 1 aliphatic heterocycles. The SMILES string of the molecule is O=S(=O)(N1CCC2CCCCC21)C(F)(F)F. The molecule has 0 amide bonds. The molecule has 0 N–H and O–H groups in total. The first-order valence-corrected chi connectivity index (χ1v) is 6.86. The third-order valence-corrected chi connectivity index (χ3v) is 5.22. The van der Waals surface area contributed by atoms with Crippen molar-refractivity contribution < 1.29 is 21.6 Å². The number of fused-ring (bicyclic) bond motifs is 1. The van der Waals surface area contributed by atoms with Crippen LogP contribution in [0.4, 0.5) is 13.2 Å². The number of rotatable bonds is 1. The molecule has 1 heterocycles. The van der Waals surface area contributed by atoms with Gasteiger partial charge in [0, 0.05) is 12.6 Å². The summed E-state index contributed by atoms with van der Waals surface area (Å²) in [5.74, 6) is 0.130. The zero-order chi connectivity index (χ0) is 12.0. The van der Waals surface area contributed by atoms with Gasteiger partial charge in [0.1, 0.15) is 0 Å². The smallest absolute Gasteiger partial charge is 0.203 e. The number of hydrogen-bond acceptors (Lipinski definition) is 2. The Kier molecular flexibility index (Phi) is 2.94. The van der Waals surface area contributed by atoms with E-state index in [2.05, 4.69) is 0 Å². The van der Waals surface area contributed by atoms with Crippen LogP contribution in [0.5, 0.6) is 0 Å². The first-order chi connectivity index (χ1) is 7.34. The Morgan fingerprint density at radius 1 is 1.06 bits per heavy atom. The van der Waals surface area contributed by atoms with Gasteiger partial charge in [-0.05, 0) is 25.2 Å². The third-order valence-electron chi connectivity index (χ3n) is 3.56. The van der Waals surface area contributed by atoms with Crippen molar-refractivity contribution in [3.8, 4) is 0 Å².